The molecule has 0 spiro atoms. The van der Waals surface area contributed by atoms with Crippen LogP contribution in [0.25, 0.3) is 0 Å². The summed E-state index contributed by atoms with van der Waals surface area (Å²) in [5, 5.41) is 12.2. The first-order chi connectivity index (χ1) is 7.24. The van der Waals surface area contributed by atoms with Gasteiger partial charge in [0.1, 0.15) is 5.41 Å². The third-order valence-electron chi connectivity index (χ3n) is 2.47. The van der Waals surface area contributed by atoms with Crippen molar-refractivity contribution in [2.45, 2.75) is 0 Å². The summed E-state index contributed by atoms with van der Waals surface area (Å²) in [5.41, 5.74) is 0.701. The SMILES string of the molecule is N#CC1(CNc2ccc(Br)cc2)COC1. The van der Waals surface area contributed by atoms with Gasteiger partial charge in [-0.2, -0.15) is 5.26 Å². The van der Waals surface area contributed by atoms with Crippen LogP contribution in [0.1, 0.15) is 0 Å². The maximum atomic E-state index is 8.98. The van der Waals surface area contributed by atoms with E-state index in [2.05, 4.69) is 27.3 Å². The van der Waals surface area contributed by atoms with Crippen LogP contribution in [0, 0.1) is 16.7 Å². The summed E-state index contributed by atoms with van der Waals surface area (Å²) in [6, 6.07) is 10.2. The maximum absolute atomic E-state index is 8.98. The molecular formula is C11H11BrN2O. The van der Waals surface area contributed by atoms with E-state index in [9.17, 15) is 0 Å². The molecule has 0 saturated carbocycles. The Labute approximate surface area is 97.2 Å². The highest BCUT2D eigenvalue weighted by molar-refractivity contribution is 9.10. The second-order valence-electron chi connectivity index (χ2n) is 3.75. The lowest BCUT2D eigenvalue weighted by atomic mass is 9.88. The van der Waals surface area contributed by atoms with Crippen LogP contribution in [-0.2, 0) is 4.74 Å². The van der Waals surface area contributed by atoms with Gasteiger partial charge in [-0.3, -0.25) is 0 Å². The van der Waals surface area contributed by atoms with Gasteiger partial charge in [0.25, 0.3) is 0 Å². The minimum atomic E-state index is -0.326. The van der Waals surface area contributed by atoms with Gasteiger partial charge < -0.3 is 10.1 Å². The zero-order chi connectivity index (χ0) is 10.7. The van der Waals surface area contributed by atoms with Crippen molar-refractivity contribution >= 4 is 21.6 Å². The molecule has 1 aliphatic rings. The van der Waals surface area contributed by atoms with E-state index in [1.807, 2.05) is 24.3 Å². The Balaban J connectivity index is 1.93. The fraction of sp³-hybridized carbons (Fsp3) is 0.364. The Morgan fingerprint density at radius 3 is 2.53 bits per heavy atom. The van der Waals surface area contributed by atoms with Crippen molar-refractivity contribution in [3.63, 3.8) is 0 Å². The highest BCUT2D eigenvalue weighted by Gasteiger charge is 2.38. The third-order valence-corrected chi connectivity index (χ3v) is 3.00. The number of halogens is 1. The molecule has 1 saturated heterocycles. The average Bonchev–Trinajstić information content (AvgIpc) is 2.20. The normalized spacial score (nSPS) is 17.6. The Morgan fingerprint density at radius 2 is 2.07 bits per heavy atom. The van der Waals surface area contributed by atoms with Crippen molar-refractivity contribution in [3.8, 4) is 6.07 Å². The highest BCUT2D eigenvalue weighted by atomic mass is 79.9. The number of hydrogen-bond acceptors (Lipinski definition) is 3. The minimum Gasteiger partial charge on any atom is -0.383 e. The molecule has 1 aromatic rings. The quantitative estimate of drug-likeness (QED) is 0.914. The van der Waals surface area contributed by atoms with Crippen molar-refractivity contribution in [2.24, 2.45) is 5.41 Å². The molecule has 0 amide bonds. The number of ether oxygens (including phenoxy) is 1. The standard InChI is InChI=1S/C11H11BrN2O/c12-9-1-3-10(4-2-9)14-6-11(5-13)7-15-8-11/h1-4,14H,6-8H2. The minimum absolute atomic E-state index is 0.326. The van der Waals surface area contributed by atoms with Gasteiger partial charge in [0.2, 0.25) is 0 Å². The van der Waals surface area contributed by atoms with E-state index in [1.165, 1.54) is 0 Å². The molecule has 3 nitrogen and oxygen atoms in total. The van der Waals surface area contributed by atoms with Crippen LogP contribution >= 0.6 is 15.9 Å². The molecule has 2 rings (SSSR count). The molecule has 4 heteroatoms. The molecule has 78 valence electrons. The predicted octanol–water partition coefficient (Wildman–Crippen LogP) is 2.40. The van der Waals surface area contributed by atoms with Crippen molar-refractivity contribution in [3.05, 3.63) is 28.7 Å². The summed E-state index contributed by atoms with van der Waals surface area (Å²) in [4.78, 5) is 0. The van der Waals surface area contributed by atoms with Gasteiger partial charge in [0, 0.05) is 16.7 Å². The molecule has 0 radical (unpaired) electrons. The summed E-state index contributed by atoms with van der Waals surface area (Å²) in [6.45, 7) is 1.71. The number of rotatable bonds is 3. The molecule has 0 aliphatic carbocycles. The van der Waals surface area contributed by atoms with Gasteiger partial charge in [-0.15, -0.1) is 0 Å². The molecular weight excluding hydrogens is 256 g/mol. The molecule has 1 N–H and O–H groups in total. The van der Waals surface area contributed by atoms with E-state index < -0.39 is 0 Å². The Morgan fingerprint density at radius 1 is 1.40 bits per heavy atom. The van der Waals surface area contributed by atoms with E-state index >= 15 is 0 Å². The predicted molar refractivity (Wildman–Crippen MR) is 61.5 cm³/mol. The van der Waals surface area contributed by atoms with Crippen molar-refractivity contribution in [1.82, 2.24) is 0 Å². The Kier molecular flexibility index (Phi) is 2.94. The number of anilines is 1. The van der Waals surface area contributed by atoms with Crippen LogP contribution < -0.4 is 5.32 Å². The monoisotopic (exact) mass is 266 g/mol. The Bertz CT molecular complexity index is 379. The van der Waals surface area contributed by atoms with Crippen molar-refractivity contribution < 1.29 is 4.74 Å². The second-order valence-corrected chi connectivity index (χ2v) is 4.66. The number of hydrogen-bond donors (Lipinski definition) is 1. The zero-order valence-electron chi connectivity index (χ0n) is 8.16. The Hall–Kier alpha value is -1.05. The summed E-state index contributed by atoms with van der Waals surface area (Å²) < 4.78 is 6.12. The summed E-state index contributed by atoms with van der Waals surface area (Å²) >= 11 is 3.37. The van der Waals surface area contributed by atoms with E-state index in [0.29, 0.717) is 19.8 Å². The molecule has 0 aromatic heterocycles. The van der Waals surface area contributed by atoms with E-state index in [-0.39, 0.29) is 5.41 Å². The lowest BCUT2D eigenvalue weighted by Gasteiger charge is -2.35. The topological polar surface area (TPSA) is 45.0 Å². The molecule has 1 aromatic carbocycles. The van der Waals surface area contributed by atoms with E-state index in [1.54, 1.807) is 0 Å². The lowest BCUT2D eigenvalue weighted by molar-refractivity contribution is -0.0690. The van der Waals surface area contributed by atoms with Gasteiger partial charge in [-0.1, -0.05) is 15.9 Å². The van der Waals surface area contributed by atoms with Gasteiger partial charge in [-0.05, 0) is 24.3 Å². The smallest absolute Gasteiger partial charge is 0.121 e. The molecule has 15 heavy (non-hydrogen) atoms. The molecule has 0 unspecified atom stereocenters. The fourth-order valence-electron chi connectivity index (χ4n) is 1.39. The third kappa shape index (κ3) is 2.31. The van der Waals surface area contributed by atoms with Crippen LogP contribution in [-0.4, -0.2) is 19.8 Å². The van der Waals surface area contributed by atoms with Crippen molar-refractivity contribution in [2.75, 3.05) is 25.1 Å². The number of nitriles is 1. The summed E-state index contributed by atoms with van der Waals surface area (Å²) in [7, 11) is 0. The molecule has 1 heterocycles. The second kappa shape index (κ2) is 4.21. The highest BCUT2D eigenvalue weighted by Crippen LogP contribution is 2.27. The van der Waals surface area contributed by atoms with E-state index in [4.69, 9.17) is 10.00 Å². The molecule has 0 bridgehead atoms. The largest absolute Gasteiger partial charge is 0.383 e. The average molecular weight is 267 g/mol. The lowest BCUT2D eigenvalue weighted by Crippen LogP contribution is -2.46. The van der Waals surface area contributed by atoms with Crippen LogP contribution in [0.4, 0.5) is 5.69 Å². The summed E-state index contributed by atoms with van der Waals surface area (Å²) in [6.07, 6.45) is 0. The maximum Gasteiger partial charge on any atom is 0.121 e. The van der Waals surface area contributed by atoms with Crippen LogP contribution in [0.5, 0.6) is 0 Å². The molecule has 0 atom stereocenters. The summed E-state index contributed by atoms with van der Waals surface area (Å²) in [5.74, 6) is 0. The number of nitrogens with one attached hydrogen (secondary N) is 1. The fourth-order valence-corrected chi connectivity index (χ4v) is 1.66. The van der Waals surface area contributed by atoms with Gasteiger partial charge >= 0.3 is 0 Å². The van der Waals surface area contributed by atoms with Crippen LogP contribution in [0.15, 0.2) is 28.7 Å². The van der Waals surface area contributed by atoms with Gasteiger partial charge in [0.05, 0.1) is 19.3 Å². The van der Waals surface area contributed by atoms with Crippen LogP contribution in [0.2, 0.25) is 0 Å². The van der Waals surface area contributed by atoms with E-state index in [0.717, 1.165) is 10.2 Å². The first kappa shape index (κ1) is 10.5. The van der Waals surface area contributed by atoms with Gasteiger partial charge in [-0.25, -0.2) is 0 Å². The zero-order valence-corrected chi connectivity index (χ0v) is 9.75. The van der Waals surface area contributed by atoms with Crippen molar-refractivity contribution in [1.29, 1.82) is 5.26 Å². The molecule has 1 fully saturated rings. The first-order valence-electron chi connectivity index (χ1n) is 4.73. The number of nitrogens with zero attached hydrogens (tertiary/aromatic N) is 1. The van der Waals surface area contributed by atoms with Gasteiger partial charge in [0.15, 0.2) is 0 Å². The molecule has 1 aliphatic heterocycles. The number of benzene rings is 1. The first-order valence-corrected chi connectivity index (χ1v) is 5.52. The van der Waals surface area contributed by atoms with Crippen LogP contribution in [0.3, 0.4) is 0 Å².